The number of nitrogens with two attached hydrogens (primary N) is 1. The largest absolute Gasteiger partial charge is 0.460 e. The molecule has 1 aromatic rings. The standard InChI is InChI=1S/C12H17N4O4S/c1-7(10(18)20-12(2,3)4)6-19-15-8(5-17)9-14-11(13)21-16-9/h7H,6H2,1-4H3,(H2,13,14,16)/b15-8+. The predicted octanol–water partition coefficient (Wildman–Crippen LogP) is 0.928. The molecular weight excluding hydrogens is 296 g/mol. The van der Waals surface area contributed by atoms with Crippen molar-refractivity contribution in [1.82, 2.24) is 9.36 Å². The number of carbonyl (C=O) groups is 1. The second kappa shape index (κ2) is 7.11. The van der Waals surface area contributed by atoms with Crippen molar-refractivity contribution < 1.29 is 19.2 Å². The van der Waals surface area contributed by atoms with Gasteiger partial charge >= 0.3 is 5.97 Å². The molecule has 1 radical (unpaired) electrons. The van der Waals surface area contributed by atoms with Gasteiger partial charge in [0, 0.05) is 11.5 Å². The maximum atomic E-state index is 11.7. The number of rotatable bonds is 6. The Balaban J connectivity index is 2.56. The van der Waals surface area contributed by atoms with E-state index in [1.165, 1.54) is 0 Å². The fourth-order valence-electron chi connectivity index (χ4n) is 1.12. The van der Waals surface area contributed by atoms with Crippen LogP contribution in [0.25, 0.3) is 0 Å². The van der Waals surface area contributed by atoms with Gasteiger partial charge in [-0.3, -0.25) is 9.59 Å². The average molecular weight is 313 g/mol. The van der Waals surface area contributed by atoms with Crippen LogP contribution in [0.2, 0.25) is 0 Å². The molecular formula is C12H17N4O4S. The van der Waals surface area contributed by atoms with Crippen molar-refractivity contribution in [1.29, 1.82) is 0 Å². The maximum absolute atomic E-state index is 11.7. The van der Waals surface area contributed by atoms with Crippen LogP contribution in [0.15, 0.2) is 5.16 Å². The molecule has 0 amide bonds. The van der Waals surface area contributed by atoms with Crippen molar-refractivity contribution in [3.05, 3.63) is 5.82 Å². The van der Waals surface area contributed by atoms with Crippen molar-refractivity contribution in [3.63, 3.8) is 0 Å². The number of hydrogen-bond acceptors (Lipinski definition) is 9. The van der Waals surface area contributed by atoms with Crippen molar-refractivity contribution >= 4 is 34.6 Å². The van der Waals surface area contributed by atoms with Gasteiger partial charge in [0.15, 0.2) is 10.8 Å². The first-order valence-electron chi connectivity index (χ1n) is 6.13. The molecule has 0 aliphatic carbocycles. The summed E-state index contributed by atoms with van der Waals surface area (Å²) in [6, 6.07) is 0. The lowest BCUT2D eigenvalue weighted by atomic mass is 10.1. The van der Waals surface area contributed by atoms with Gasteiger partial charge in [-0.15, -0.1) is 0 Å². The molecule has 0 bridgehead atoms. The molecule has 0 spiro atoms. The lowest BCUT2D eigenvalue weighted by Gasteiger charge is -2.21. The quantitative estimate of drug-likeness (QED) is 0.471. The number of nitrogens with zero attached hydrogens (tertiary/aromatic N) is 3. The first-order chi connectivity index (χ1) is 9.73. The molecule has 0 aliphatic rings. The van der Waals surface area contributed by atoms with Gasteiger partial charge in [0.25, 0.3) is 6.29 Å². The Labute approximate surface area is 126 Å². The smallest absolute Gasteiger partial charge is 0.312 e. The fraction of sp³-hybridized carbons (Fsp3) is 0.583. The van der Waals surface area contributed by atoms with E-state index >= 15 is 0 Å². The Kier molecular flexibility index (Phi) is 5.77. The van der Waals surface area contributed by atoms with Crippen LogP contribution < -0.4 is 5.73 Å². The molecule has 1 aromatic heterocycles. The van der Waals surface area contributed by atoms with Gasteiger partial charge in [0.1, 0.15) is 12.2 Å². The van der Waals surface area contributed by atoms with E-state index in [1.54, 1.807) is 34.0 Å². The van der Waals surface area contributed by atoms with Gasteiger partial charge in [-0.25, -0.2) is 0 Å². The van der Waals surface area contributed by atoms with E-state index in [4.69, 9.17) is 15.3 Å². The molecule has 8 nitrogen and oxygen atoms in total. The molecule has 1 atom stereocenters. The lowest BCUT2D eigenvalue weighted by molar-refractivity contribution is -0.161. The minimum absolute atomic E-state index is 0.0393. The Morgan fingerprint density at radius 1 is 1.52 bits per heavy atom. The van der Waals surface area contributed by atoms with Crippen LogP contribution >= 0.6 is 11.5 Å². The van der Waals surface area contributed by atoms with Gasteiger partial charge in [-0.2, -0.15) is 9.36 Å². The number of ether oxygens (including phenoxy) is 1. The number of carbonyl (C=O) groups excluding carboxylic acids is 2. The number of oxime groups is 1. The van der Waals surface area contributed by atoms with Crippen molar-refractivity contribution in [2.75, 3.05) is 12.3 Å². The summed E-state index contributed by atoms with van der Waals surface area (Å²) >= 11 is 0.926. The van der Waals surface area contributed by atoms with E-state index in [2.05, 4.69) is 14.5 Å². The minimum atomic E-state index is -0.571. The van der Waals surface area contributed by atoms with Crippen LogP contribution in [0.4, 0.5) is 5.13 Å². The molecule has 0 fully saturated rings. The second-order valence-electron chi connectivity index (χ2n) is 5.23. The van der Waals surface area contributed by atoms with Gasteiger partial charge in [-0.05, 0) is 27.7 Å². The summed E-state index contributed by atoms with van der Waals surface area (Å²) in [6.07, 6.45) is 1.56. The number of aromatic nitrogens is 2. The van der Waals surface area contributed by atoms with Crippen LogP contribution in [0.1, 0.15) is 33.5 Å². The number of esters is 1. The summed E-state index contributed by atoms with van der Waals surface area (Å²) in [5.41, 5.74) is 4.62. The third-order valence-electron chi connectivity index (χ3n) is 2.04. The number of anilines is 1. The maximum Gasteiger partial charge on any atom is 0.312 e. The molecule has 1 unspecified atom stereocenters. The van der Waals surface area contributed by atoms with Crippen LogP contribution in [0.3, 0.4) is 0 Å². The lowest BCUT2D eigenvalue weighted by Crippen LogP contribution is -2.29. The monoisotopic (exact) mass is 313 g/mol. The highest BCUT2D eigenvalue weighted by molar-refractivity contribution is 7.09. The summed E-state index contributed by atoms with van der Waals surface area (Å²) in [6.45, 7) is 6.91. The third-order valence-corrected chi connectivity index (χ3v) is 2.58. The minimum Gasteiger partial charge on any atom is -0.460 e. The van der Waals surface area contributed by atoms with Gasteiger partial charge < -0.3 is 15.3 Å². The number of hydrogen-bond donors (Lipinski definition) is 1. The van der Waals surface area contributed by atoms with Crippen LogP contribution in [-0.2, 0) is 19.2 Å². The van der Waals surface area contributed by atoms with E-state index < -0.39 is 17.5 Å². The zero-order chi connectivity index (χ0) is 16.0. The molecule has 1 heterocycles. The van der Waals surface area contributed by atoms with Gasteiger partial charge in [0.2, 0.25) is 5.82 Å². The second-order valence-corrected chi connectivity index (χ2v) is 6.01. The van der Waals surface area contributed by atoms with E-state index in [0.29, 0.717) is 0 Å². The van der Waals surface area contributed by atoms with Gasteiger partial charge in [0.05, 0.1) is 5.92 Å². The Morgan fingerprint density at radius 3 is 2.67 bits per heavy atom. The summed E-state index contributed by atoms with van der Waals surface area (Å²) in [7, 11) is 0. The van der Waals surface area contributed by atoms with E-state index in [1.807, 2.05) is 0 Å². The van der Waals surface area contributed by atoms with E-state index in [-0.39, 0.29) is 23.3 Å². The average Bonchev–Trinajstić information content (AvgIpc) is 2.78. The zero-order valence-corrected chi connectivity index (χ0v) is 13.1. The molecule has 0 saturated carbocycles. The van der Waals surface area contributed by atoms with E-state index in [0.717, 1.165) is 11.5 Å². The zero-order valence-electron chi connectivity index (χ0n) is 12.2. The Bertz CT molecular complexity index is 536. The highest BCUT2D eigenvalue weighted by atomic mass is 32.1. The Hall–Kier alpha value is -2.03. The third kappa shape index (κ3) is 5.86. The molecule has 115 valence electrons. The highest BCUT2D eigenvalue weighted by Gasteiger charge is 2.22. The summed E-state index contributed by atoms with van der Waals surface area (Å²) in [5.74, 6) is -0.905. The molecule has 0 aromatic carbocycles. The van der Waals surface area contributed by atoms with Crippen LogP contribution in [0.5, 0.6) is 0 Å². The Morgan fingerprint density at radius 2 is 2.19 bits per heavy atom. The highest BCUT2D eigenvalue weighted by Crippen LogP contribution is 2.12. The predicted molar refractivity (Wildman–Crippen MR) is 77.5 cm³/mol. The molecule has 9 heteroatoms. The molecule has 21 heavy (non-hydrogen) atoms. The van der Waals surface area contributed by atoms with Crippen LogP contribution in [-0.4, -0.2) is 39.5 Å². The molecule has 1 rings (SSSR count). The summed E-state index contributed by atoms with van der Waals surface area (Å²) < 4.78 is 9.00. The molecule has 0 aliphatic heterocycles. The van der Waals surface area contributed by atoms with Crippen molar-refractivity contribution in [3.8, 4) is 0 Å². The summed E-state index contributed by atoms with van der Waals surface area (Å²) in [5, 5.41) is 3.76. The first kappa shape index (κ1) is 17.0. The summed E-state index contributed by atoms with van der Waals surface area (Å²) in [4.78, 5) is 31.2. The molecule has 2 N–H and O–H groups in total. The van der Waals surface area contributed by atoms with E-state index in [9.17, 15) is 9.59 Å². The number of nitrogen functional groups attached to an aromatic ring is 1. The fourth-order valence-corrected chi connectivity index (χ4v) is 1.56. The van der Waals surface area contributed by atoms with Gasteiger partial charge in [-0.1, -0.05) is 5.16 Å². The van der Waals surface area contributed by atoms with Crippen molar-refractivity contribution in [2.24, 2.45) is 11.1 Å². The molecule has 0 saturated heterocycles. The normalized spacial score (nSPS) is 13.6. The van der Waals surface area contributed by atoms with Crippen molar-refractivity contribution in [2.45, 2.75) is 33.3 Å². The first-order valence-corrected chi connectivity index (χ1v) is 6.91. The van der Waals surface area contributed by atoms with Crippen LogP contribution in [0, 0.1) is 5.92 Å². The SMILES string of the molecule is CC(CO/N=C(\[C]=O)c1nsc(N)n1)C(=O)OC(C)(C)C. The topological polar surface area (TPSA) is 117 Å².